The summed E-state index contributed by atoms with van der Waals surface area (Å²) >= 11 is 0. The van der Waals surface area contributed by atoms with Gasteiger partial charge in [-0.1, -0.05) is 13.0 Å². The second kappa shape index (κ2) is 5.21. The molecule has 1 atom stereocenters. The van der Waals surface area contributed by atoms with Gasteiger partial charge in [-0.05, 0) is 37.8 Å². The number of benzene rings is 1. The third kappa shape index (κ3) is 2.78. The molecular weight excluding hydrogens is 216 g/mol. The van der Waals surface area contributed by atoms with Gasteiger partial charge in [0.2, 0.25) is 0 Å². The molecule has 0 aromatic heterocycles. The summed E-state index contributed by atoms with van der Waals surface area (Å²) in [5, 5.41) is 0. The number of rotatable bonds is 4. The van der Waals surface area contributed by atoms with Crippen LogP contribution in [0.4, 0.5) is 0 Å². The maximum atomic E-state index is 11.3. The van der Waals surface area contributed by atoms with E-state index in [1.54, 1.807) is 6.92 Å². The molecule has 0 N–H and O–H groups in total. The number of ether oxygens (including phenoxy) is 2. The predicted molar refractivity (Wildman–Crippen MR) is 65.6 cm³/mol. The van der Waals surface area contributed by atoms with Crippen LogP contribution in [0.15, 0.2) is 18.2 Å². The van der Waals surface area contributed by atoms with E-state index in [-0.39, 0.29) is 11.9 Å². The Kier molecular flexibility index (Phi) is 3.67. The van der Waals surface area contributed by atoms with Gasteiger partial charge in [0, 0.05) is 6.07 Å². The van der Waals surface area contributed by atoms with Crippen LogP contribution in [0.3, 0.4) is 0 Å². The SMILES string of the molecule is CCCOc1ccc2c(c1)OC(C(C)=O)CC2. The van der Waals surface area contributed by atoms with Gasteiger partial charge in [0.05, 0.1) is 6.61 Å². The summed E-state index contributed by atoms with van der Waals surface area (Å²) in [6.07, 6.45) is 2.36. The fourth-order valence-electron chi connectivity index (χ4n) is 1.95. The number of hydrogen-bond acceptors (Lipinski definition) is 3. The number of ketones is 1. The highest BCUT2D eigenvalue weighted by atomic mass is 16.5. The Labute approximate surface area is 102 Å². The van der Waals surface area contributed by atoms with Crippen molar-refractivity contribution in [1.82, 2.24) is 0 Å². The second-order valence-corrected chi connectivity index (χ2v) is 4.37. The average molecular weight is 234 g/mol. The van der Waals surface area contributed by atoms with Crippen molar-refractivity contribution < 1.29 is 14.3 Å². The van der Waals surface area contributed by atoms with Crippen LogP contribution >= 0.6 is 0 Å². The summed E-state index contributed by atoms with van der Waals surface area (Å²) in [4.78, 5) is 11.3. The van der Waals surface area contributed by atoms with Crippen LogP contribution < -0.4 is 9.47 Å². The zero-order valence-corrected chi connectivity index (χ0v) is 10.4. The number of hydrogen-bond donors (Lipinski definition) is 0. The number of fused-ring (bicyclic) bond motifs is 1. The number of aryl methyl sites for hydroxylation is 1. The van der Waals surface area contributed by atoms with E-state index in [1.807, 2.05) is 18.2 Å². The molecule has 92 valence electrons. The maximum absolute atomic E-state index is 11.3. The Morgan fingerprint density at radius 2 is 2.35 bits per heavy atom. The van der Waals surface area contributed by atoms with E-state index in [1.165, 1.54) is 0 Å². The smallest absolute Gasteiger partial charge is 0.170 e. The molecular formula is C14H18O3. The van der Waals surface area contributed by atoms with Crippen LogP contribution in [-0.2, 0) is 11.2 Å². The zero-order chi connectivity index (χ0) is 12.3. The molecule has 0 radical (unpaired) electrons. The number of carbonyl (C=O) groups excluding carboxylic acids is 1. The minimum Gasteiger partial charge on any atom is -0.493 e. The molecule has 1 unspecified atom stereocenters. The molecule has 1 heterocycles. The summed E-state index contributed by atoms with van der Waals surface area (Å²) in [6, 6.07) is 5.88. The van der Waals surface area contributed by atoms with Gasteiger partial charge >= 0.3 is 0 Å². The largest absolute Gasteiger partial charge is 0.493 e. The first-order valence-electron chi connectivity index (χ1n) is 6.13. The highest BCUT2D eigenvalue weighted by Gasteiger charge is 2.23. The monoisotopic (exact) mass is 234 g/mol. The predicted octanol–water partition coefficient (Wildman–Crippen LogP) is 2.76. The highest BCUT2D eigenvalue weighted by Crippen LogP contribution is 2.31. The van der Waals surface area contributed by atoms with Gasteiger partial charge in [0.1, 0.15) is 11.5 Å². The molecule has 3 nitrogen and oxygen atoms in total. The molecule has 1 aliphatic rings. The molecule has 17 heavy (non-hydrogen) atoms. The molecule has 0 aliphatic carbocycles. The van der Waals surface area contributed by atoms with Crippen molar-refractivity contribution in [2.45, 2.75) is 39.2 Å². The quantitative estimate of drug-likeness (QED) is 0.803. The molecule has 0 amide bonds. The van der Waals surface area contributed by atoms with Crippen molar-refractivity contribution in [2.75, 3.05) is 6.61 Å². The summed E-state index contributed by atoms with van der Waals surface area (Å²) in [5.74, 6) is 1.70. The Bertz CT molecular complexity index is 412. The van der Waals surface area contributed by atoms with Crippen LogP contribution in [0.1, 0.15) is 32.3 Å². The third-order valence-corrected chi connectivity index (χ3v) is 2.91. The molecule has 0 bridgehead atoms. The van der Waals surface area contributed by atoms with Crippen LogP contribution in [0, 0.1) is 0 Å². The van der Waals surface area contributed by atoms with E-state index in [9.17, 15) is 4.79 Å². The minimum absolute atomic E-state index is 0.0931. The van der Waals surface area contributed by atoms with Crippen LogP contribution in [0.2, 0.25) is 0 Å². The Morgan fingerprint density at radius 1 is 1.53 bits per heavy atom. The standard InChI is InChI=1S/C14H18O3/c1-3-8-16-12-6-4-11-5-7-13(10(2)15)17-14(11)9-12/h4,6,9,13H,3,5,7-8H2,1-2H3. The van der Waals surface area contributed by atoms with Crippen molar-refractivity contribution >= 4 is 5.78 Å². The fraction of sp³-hybridized carbons (Fsp3) is 0.500. The van der Waals surface area contributed by atoms with Crippen LogP contribution in [-0.4, -0.2) is 18.5 Å². The normalized spacial score (nSPS) is 18.1. The minimum atomic E-state index is -0.288. The Balaban J connectivity index is 2.14. The van der Waals surface area contributed by atoms with E-state index in [4.69, 9.17) is 9.47 Å². The van der Waals surface area contributed by atoms with Crippen molar-refractivity contribution in [2.24, 2.45) is 0 Å². The van der Waals surface area contributed by atoms with Gasteiger partial charge < -0.3 is 9.47 Å². The molecule has 0 saturated heterocycles. The zero-order valence-electron chi connectivity index (χ0n) is 10.4. The summed E-state index contributed by atoms with van der Waals surface area (Å²) < 4.78 is 11.2. The van der Waals surface area contributed by atoms with Gasteiger partial charge in [-0.3, -0.25) is 4.79 Å². The van der Waals surface area contributed by atoms with Gasteiger partial charge in [-0.2, -0.15) is 0 Å². The number of Topliss-reactive ketones (excluding diaryl/α,β-unsaturated/α-hetero) is 1. The van der Waals surface area contributed by atoms with E-state index in [0.717, 1.165) is 36.3 Å². The van der Waals surface area contributed by atoms with E-state index >= 15 is 0 Å². The molecule has 2 rings (SSSR count). The molecule has 3 heteroatoms. The molecule has 1 aliphatic heterocycles. The fourth-order valence-corrected chi connectivity index (χ4v) is 1.95. The van der Waals surface area contributed by atoms with E-state index in [2.05, 4.69) is 6.92 Å². The Morgan fingerprint density at radius 3 is 3.06 bits per heavy atom. The van der Waals surface area contributed by atoms with Gasteiger partial charge in [0.15, 0.2) is 11.9 Å². The van der Waals surface area contributed by atoms with Crippen LogP contribution in [0.5, 0.6) is 11.5 Å². The first kappa shape index (κ1) is 12.0. The van der Waals surface area contributed by atoms with Crippen molar-refractivity contribution in [3.05, 3.63) is 23.8 Å². The first-order valence-corrected chi connectivity index (χ1v) is 6.13. The molecule has 1 aromatic rings. The van der Waals surface area contributed by atoms with Gasteiger partial charge in [-0.15, -0.1) is 0 Å². The molecule has 0 spiro atoms. The Hall–Kier alpha value is -1.51. The lowest BCUT2D eigenvalue weighted by Crippen LogP contribution is -2.29. The van der Waals surface area contributed by atoms with E-state index in [0.29, 0.717) is 6.61 Å². The maximum Gasteiger partial charge on any atom is 0.170 e. The molecule has 1 aromatic carbocycles. The lowest BCUT2D eigenvalue weighted by atomic mass is 10.0. The lowest BCUT2D eigenvalue weighted by molar-refractivity contribution is -0.124. The third-order valence-electron chi connectivity index (χ3n) is 2.91. The second-order valence-electron chi connectivity index (χ2n) is 4.37. The topological polar surface area (TPSA) is 35.5 Å². The summed E-state index contributed by atoms with van der Waals surface area (Å²) in [5.41, 5.74) is 1.16. The van der Waals surface area contributed by atoms with E-state index < -0.39 is 0 Å². The van der Waals surface area contributed by atoms with Gasteiger partial charge in [0.25, 0.3) is 0 Å². The summed E-state index contributed by atoms with van der Waals surface area (Å²) in [7, 11) is 0. The van der Waals surface area contributed by atoms with Crippen LogP contribution in [0.25, 0.3) is 0 Å². The highest BCUT2D eigenvalue weighted by molar-refractivity contribution is 5.81. The average Bonchev–Trinajstić information content (AvgIpc) is 2.35. The lowest BCUT2D eigenvalue weighted by Gasteiger charge is -2.24. The first-order chi connectivity index (χ1) is 8.20. The van der Waals surface area contributed by atoms with Crippen molar-refractivity contribution in [1.29, 1.82) is 0 Å². The summed E-state index contributed by atoms with van der Waals surface area (Å²) in [6.45, 7) is 4.35. The molecule has 0 saturated carbocycles. The number of carbonyl (C=O) groups is 1. The van der Waals surface area contributed by atoms with Gasteiger partial charge in [-0.25, -0.2) is 0 Å². The van der Waals surface area contributed by atoms with Crippen molar-refractivity contribution in [3.63, 3.8) is 0 Å². The molecule has 0 fully saturated rings. The van der Waals surface area contributed by atoms with Crippen molar-refractivity contribution in [3.8, 4) is 11.5 Å².